The molecule has 0 amide bonds. The van der Waals surface area contributed by atoms with Gasteiger partial charge in [0.25, 0.3) is 0 Å². The van der Waals surface area contributed by atoms with Gasteiger partial charge in [0.15, 0.2) is 0 Å². The zero-order valence-electron chi connectivity index (χ0n) is 15.5. The molecule has 0 fully saturated rings. The van der Waals surface area contributed by atoms with E-state index in [9.17, 15) is 0 Å². The Labute approximate surface area is 134 Å². The maximum atomic E-state index is 5.65. The zero-order valence-corrected chi connectivity index (χ0v) is 15.5. The van der Waals surface area contributed by atoms with Crippen molar-refractivity contribution in [2.75, 3.05) is 13.1 Å². The van der Waals surface area contributed by atoms with Crippen LogP contribution in [0.15, 0.2) is 0 Å². The normalized spacial score (nSPS) is 16.1. The van der Waals surface area contributed by atoms with Gasteiger partial charge in [-0.3, -0.25) is 0 Å². The molecule has 2 atom stereocenters. The summed E-state index contributed by atoms with van der Waals surface area (Å²) in [5, 5.41) is 3.99. The highest BCUT2D eigenvalue weighted by Crippen LogP contribution is 2.32. The van der Waals surface area contributed by atoms with E-state index >= 15 is 0 Å². The molecular weight excluding hydrogens is 256 g/mol. The lowest BCUT2D eigenvalue weighted by Gasteiger charge is -2.41. The molecule has 0 spiro atoms. The summed E-state index contributed by atoms with van der Waals surface area (Å²) in [7, 11) is 0. The van der Waals surface area contributed by atoms with E-state index in [1.54, 1.807) is 0 Å². The molecule has 0 aliphatic carbocycles. The third-order valence-electron chi connectivity index (χ3n) is 4.97. The SMILES string of the molecule is CCCCCC(CCCCCN)(NCC(C)C)C(C)CC. The van der Waals surface area contributed by atoms with Crippen molar-refractivity contribution in [2.24, 2.45) is 17.6 Å². The van der Waals surface area contributed by atoms with E-state index in [1.807, 2.05) is 0 Å². The van der Waals surface area contributed by atoms with Gasteiger partial charge in [-0.2, -0.15) is 0 Å². The number of rotatable bonds is 14. The van der Waals surface area contributed by atoms with E-state index in [2.05, 4.69) is 39.9 Å². The van der Waals surface area contributed by atoms with Crippen LogP contribution in [0.5, 0.6) is 0 Å². The molecule has 0 rings (SSSR count). The summed E-state index contributed by atoms with van der Waals surface area (Å²) in [6.45, 7) is 13.7. The van der Waals surface area contributed by atoms with E-state index < -0.39 is 0 Å². The molecule has 0 heterocycles. The second-order valence-corrected chi connectivity index (χ2v) is 7.30. The molecule has 0 aromatic carbocycles. The Balaban J connectivity index is 4.73. The van der Waals surface area contributed by atoms with Gasteiger partial charge in [0.2, 0.25) is 0 Å². The predicted octanol–water partition coefficient (Wildman–Crippen LogP) is 5.12. The Morgan fingerprint density at radius 3 is 2.00 bits per heavy atom. The van der Waals surface area contributed by atoms with Crippen molar-refractivity contribution in [3.05, 3.63) is 0 Å². The number of hydrogen-bond acceptors (Lipinski definition) is 2. The maximum absolute atomic E-state index is 5.65. The van der Waals surface area contributed by atoms with Gasteiger partial charge in [-0.15, -0.1) is 0 Å². The Morgan fingerprint density at radius 1 is 0.905 bits per heavy atom. The molecular formula is C19H42N2. The van der Waals surface area contributed by atoms with Crippen LogP contribution in [0.2, 0.25) is 0 Å². The minimum Gasteiger partial charge on any atom is -0.330 e. The van der Waals surface area contributed by atoms with Crippen LogP contribution in [0.4, 0.5) is 0 Å². The van der Waals surface area contributed by atoms with E-state index in [1.165, 1.54) is 57.8 Å². The smallest absolute Gasteiger partial charge is 0.0207 e. The van der Waals surface area contributed by atoms with Crippen LogP contribution in [0, 0.1) is 11.8 Å². The van der Waals surface area contributed by atoms with Crippen LogP contribution in [0.1, 0.15) is 92.4 Å². The molecule has 2 nitrogen and oxygen atoms in total. The molecule has 2 unspecified atom stereocenters. The first kappa shape index (κ1) is 20.9. The second kappa shape index (κ2) is 12.5. The van der Waals surface area contributed by atoms with Crippen LogP contribution in [-0.4, -0.2) is 18.6 Å². The molecule has 2 heteroatoms. The third kappa shape index (κ3) is 8.83. The first-order chi connectivity index (χ1) is 10.0. The number of hydrogen-bond donors (Lipinski definition) is 2. The summed E-state index contributed by atoms with van der Waals surface area (Å²) < 4.78 is 0. The van der Waals surface area contributed by atoms with Crippen LogP contribution in [0.25, 0.3) is 0 Å². The molecule has 0 saturated carbocycles. The summed E-state index contributed by atoms with van der Waals surface area (Å²) >= 11 is 0. The summed E-state index contributed by atoms with van der Waals surface area (Å²) in [5.41, 5.74) is 6.00. The quantitative estimate of drug-likeness (QED) is 0.437. The predicted molar refractivity (Wildman–Crippen MR) is 96.7 cm³/mol. The van der Waals surface area contributed by atoms with Gasteiger partial charge < -0.3 is 11.1 Å². The first-order valence-corrected chi connectivity index (χ1v) is 9.47. The minimum atomic E-state index is 0.350. The van der Waals surface area contributed by atoms with Crippen LogP contribution in [-0.2, 0) is 0 Å². The minimum absolute atomic E-state index is 0.350. The van der Waals surface area contributed by atoms with Crippen molar-refractivity contribution in [3.8, 4) is 0 Å². The number of nitrogens with one attached hydrogen (secondary N) is 1. The van der Waals surface area contributed by atoms with Crippen molar-refractivity contribution in [2.45, 2.75) is 97.9 Å². The zero-order chi connectivity index (χ0) is 16.1. The molecule has 0 aliphatic heterocycles. The molecule has 0 aromatic heterocycles. The highest BCUT2D eigenvalue weighted by atomic mass is 15.0. The van der Waals surface area contributed by atoms with Gasteiger partial charge in [-0.25, -0.2) is 0 Å². The molecule has 0 bridgehead atoms. The van der Waals surface area contributed by atoms with Gasteiger partial charge in [-0.1, -0.05) is 73.1 Å². The van der Waals surface area contributed by atoms with Gasteiger partial charge in [0.1, 0.15) is 0 Å². The number of nitrogens with two attached hydrogens (primary N) is 1. The summed E-state index contributed by atoms with van der Waals surface area (Å²) in [6, 6.07) is 0. The molecule has 0 radical (unpaired) electrons. The van der Waals surface area contributed by atoms with E-state index in [-0.39, 0.29) is 0 Å². The Kier molecular flexibility index (Phi) is 12.4. The van der Waals surface area contributed by atoms with Crippen molar-refractivity contribution in [1.29, 1.82) is 0 Å². The highest BCUT2D eigenvalue weighted by molar-refractivity contribution is 4.92. The standard InChI is InChI=1S/C19H42N2/c1-6-8-10-13-19(18(5)7-2,21-16-17(3)4)14-11-9-12-15-20/h17-18,21H,6-16,20H2,1-5H3. The van der Waals surface area contributed by atoms with Gasteiger partial charge >= 0.3 is 0 Å². The van der Waals surface area contributed by atoms with E-state index in [4.69, 9.17) is 5.73 Å². The molecule has 0 saturated heterocycles. The summed E-state index contributed by atoms with van der Waals surface area (Å²) in [6.07, 6.45) is 11.7. The molecule has 3 N–H and O–H groups in total. The molecule has 0 aliphatic rings. The fourth-order valence-electron chi connectivity index (χ4n) is 3.22. The monoisotopic (exact) mass is 298 g/mol. The van der Waals surface area contributed by atoms with Gasteiger partial charge in [-0.05, 0) is 44.2 Å². The van der Waals surface area contributed by atoms with Crippen LogP contribution < -0.4 is 11.1 Å². The van der Waals surface area contributed by atoms with E-state index in [0.717, 1.165) is 24.9 Å². The maximum Gasteiger partial charge on any atom is 0.0207 e. The topological polar surface area (TPSA) is 38.0 Å². The van der Waals surface area contributed by atoms with Crippen molar-refractivity contribution in [1.82, 2.24) is 5.32 Å². The molecule has 0 aromatic rings. The van der Waals surface area contributed by atoms with Gasteiger partial charge in [0, 0.05) is 5.54 Å². The lowest BCUT2D eigenvalue weighted by atomic mass is 9.75. The molecule has 21 heavy (non-hydrogen) atoms. The van der Waals surface area contributed by atoms with Gasteiger partial charge in [0.05, 0.1) is 0 Å². The summed E-state index contributed by atoms with van der Waals surface area (Å²) in [5.74, 6) is 1.48. The second-order valence-electron chi connectivity index (χ2n) is 7.30. The molecule has 128 valence electrons. The fraction of sp³-hybridized carbons (Fsp3) is 1.00. The van der Waals surface area contributed by atoms with Crippen molar-refractivity contribution >= 4 is 0 Å². The number of unbranched alkanes of at least 4 members (excludes halogenated alkanes) is 4. The van der Waals surface area contributed by atoms with E-state index in [0.29, 0.717) is 5.54 Å². The van der Waals surface area contributed by atoms with Crippen molar-refractivity contribution < 1.29 is 0 Å². The third-order valence-corrected chi connectivity index (χ3v) is 4.97. The lowest BCUT2D eigenvalue weighted by Crippen LogP contribution is -2.51. The Morgan fingerprint density at radius 2 is 1.52 bits per heavy atom. The average molecular weight is 299 g/mol. The summed E-state index contributed by atoms with van der Waals surface area (Å²) in [4.78, 5) is 0. The van der Waals surface area contributed by atoms with Crippen molar-refractivity contribution in [3.63, 3.8) is 0 Å². The fourth-order valence-corrected chi connectivity index (χ4v) is 3.22. The lowest BCUT2D eigenvalue weighted by molar-refractivity contribution is 0.168. The Hall–Kier alpha value is -0.0800. The first-order valence-electron chi connectivity index (χ1n) is 9.47. The van der Waals surface area contributed by atoms with Crippen LogP contribution in [0.3, 0.4) is 0 Å². The Bertz CT molecular complexity index is 228. The largest absolute Gasteiger partial charge is 0.330 e. The van der Waals surface area contributed by atoms with Crippen LogP contribution >= 0.6 is 0 Å². The highest BCUT2D eigenvalue weighted by Gasteiger charge is 2.33. The average Bonchev–Trinajstić information content (AvgIpc) is 2.47.